The van der Waals surface area contributed by atoms with Gasteiger partial charge in [-0.15, -0.1) is 0 Å². The number of benzene rings is 2. The quantitative estimate of drug-likeness (QED) is 0.470. The van der Waals surface area contributed by atoms with Crippen LogP contribution in [0, 0.1) is 0 Å². The van der Waals surface area contributed by atoms with Gasteiger partial charge in [-0.1, -0.05) is 24.3 Å². The molecule has 0 unspecified atom stereocenters. The molecule has 1 N–H and O–H groups in total. The Hall–Kier alpha value is -4.32. The van der Waals surface area contributed by atoms with Gasteiger partial charge in [0.1, 0.15) is 6.33 Å². The monoisotopic (exact) mass is 405 g/mol. The molecule has 2 aromatic carbocycles. The van der Waals surface area contributed by atoms with Crippen LogP contribution >= 0.6 is 0 Å². The number of fused-ring (bicyclic) bond motifs is 1. The van der Waals surface area contributed by atoms with Crippen LogP contribution in [0.4, 0.5) is 0 Å². The number of hydrogen-bond donors (Lipinski definition) is 1. The molecule has 31 heavy (non-hydrogen) atoms. The van der Waals surface area contributed by atoms with Crippen LogP contribution < -0.4 is 5.32 Å². The first-order chi connectivity index (χ1) is 15.3. The SMILES string of the molecule is O=C(NCc1cccnc1)c1ccc2c(c1)ncn2-c1cccc(-c2cccnc2)c1. The summed E-state index contributed by atoms with van der Waals surface area (Å²) >= 11 is 0. The maximum atomic E-state index is 12.6. The van der Waals surface area contributed by atoms with Crippen LogP contribution in [0.1, 0.15) is 15.9 Å². The summed E-state index contributed by atoms with van der Waals surface area (Å²) in [4.78, 5) is 25.4. The van der Waals surface area contributed by atoms with Crippen LogP contribution in [0.5, 0.6) is 0 Å². The van der Waals surface area contributed by atoms with Gasteiger partial charge >= 0.3 is 0 Å². The van der Waals surface area contributed by atoms with Gasteiger partial charge < -0.3 is 5.32 Å². The second kappa shape index (κ2) is 8.20. The van der Waals surface area contributed by atoms with Crippen molar-refractivity contribution in [1.82, 2.24) is 24.8 Å². The van der Waals surface area contributed by atoms with Crippen LogP contribution in [-0.2, 0) is 6.54 Å². The van der Waals surface area contributed by atoms with Gasteiger partial charge in [0.25, 0.3) is 5.91 Å². The molecule has 3 aromatic heterocycles. The number of carbonyl (C=O) groups excluding carboxylic acids is 1. The Morgan fingerprint density at radius 2 is 1.71 bits per heavy atom. The number of rotatable bonds is 5. The van der Waals surface area contributed by atoms with Gasteiger partial charge in [-0.3, -0.25) is 19.3 Å². The maximum Gasteiger partial charge on any atom is 0.251 e. The highest BCUT2D eigenvalue weighted by atomic mass is 16.1. The molecule has 6 heteroatoms. The fourth-order valence-corrected chi connectivity index (χ4v) is 3.52. The van der Waals surface area contributed by atoms with Gasteiger partial charge in [-0.25, -0.2) is 4.98 Å². The molecule has 0 aliphatic carbocycles. The molecule has 0 bridgehead atoms. The summed E-state index contributed by atoms with van der Waals surface area (Å²) in [5, 5.41) is 2.92. The lowest BCUT2D eigenvalue weighted by atomic mass is 10.1. The van der Waals surface area contributed by atoms with E-state index >= 15 is 0 Å². The number of amides is 1. The van der Waals surface area contributed by atoms with Crippen LogP contribution in [0.15, 0.2) is 97.8 Å². The Bertz CT molecular complexity index is 1350. The average molecular weight is 405 g/mol. The molecule has 0 spiro atoms. The summed E-state index contributed by atoms with van der Waals surface area (Å²) in [6.45, 7) is 0.431. The molecule has 5 aromatic rings. The Morgan fingerprint density at radius 3 is 2.52 bits per heavy atom. The van der Waals surface area contributed by atoms with E-state index in [0.29, 0.717) is 12.1 Å². The number of nitrogens with zero attached hydrogens (tertiary/aromatic N) is 4. The van der Waals surface area contributed by atoms with Gasteiger partial charge in [-0.2, -0.15) is 0 Å². The third-order valence-corrected chi connectivity index (χ3v) is 5.10. The molecule has 0 saturated heterocycles. The van der Waals surface area contributed by atoms with Gasteiger partial charge in [0.05, 0.1) is 11.0 Å². The second-order valence-corrected chi connectivity index (χ2v) is 7.15. The van der Waals surface area contributed by atoms with Crippen molar-refractivity contribution < 1.29 is 4.79 Å². The second-order valence-electron chi connectivity index (χ2n) is 7.15. The fraction of sp³-hybridized carbons (Fsp3) is 0.0400. The largest absolute Gasteiger partial charge is 0.348 e. The molecule has 3 heterocycles. The number of nitrogens with one attached hydrogen (secondary N) is 1. The Morgan fingerprint density at radius 1 is 0.871 bits per heavy atom. The van der Waals surface area contributed by atoms with Crippen molar-refractivity contribution in [2.75, 3.05) is 0 Å². The number of pyridine rings is 2. The zero-order valence-corrected chi connectivity index (χ0v) is 16.6. The molecule has 150 valence electrons. The smallest absolute Gasteiger partial charge is 0.251 e. The van der Waals surface area contributed by atoms with Crippen molar-refractivity contribution in [3.8, 4) is 16.8 Å². The molecule has 6 nitrogen and oxygen atoms in total. The summed E-state index contributed by atoms with van der Waals surface area (Å²) in [5.74, 6) is -0.140. The van der Waals surface area contributed by atoms with E-state index in [1.807, 2.05) is 65.4 Å². The van der Waals surface area contributed by atoms with E-state index in [0.717, 1.165) is 33.4 Å². The Balaban J connectivity index is 1.40. The summed E-state index contributed by atoms with van der Waals surface area (Å²) in [7, 11) is 0. The molecule has 0 aliphatic rings. The highest BCUT2D eigenvalue weighted by Crippen LogP contribution is 2.24. The standard InChI is InChI=1S/C25H19N5O/c31-25(28-15-18-4-2-10-26-14-18)20-8-9-24-23(13-20)29-17-30(24)22-7-1-5-19(12-22)21-6-3-11-27-16-21/h1-14,16-17H,15H2,(H,28,31). The third-order valence-electron chi connectivity index (χ3n) is 5.10. The molecule has 1 amide bonds. The summed E-state index contributed by atoms with van der Waals surface area (Å²) in [6, 6.07) is 21.5. The third kappa shape index (κ3) is 3.91. The minimum absolute atomic E-state index is 0.140. The van der Waals surface area contributed by atoms with E-state index in [4.69, 9.17) is 0 Å². The first kappa shape index (κ1) is 18.7. The van der Waals surface area contributed by atoms with Gasteiger partial charge in [-0.05, 0) is 53.6 Å². The van der Waals surface area contributed by atoms with E-state index in [2.05, 4.69) is 32.4 Å². The van der Waals surface area contributed by atoms with Crippen molar-refractivity contribution in [3.05, 3.63) is 109 Å². The lowest BCUT2D eigenvalue weighted by Crippen LogP contribution is -2.22. The van der Waals surface area contributed by atoms with Crippen LogP contribution in [0.25, 0.3) is 27.8 Å². The normalized spacial score (nSPS) is 10.8. The van der Waals surface area contributed by atoms with Gasteiger partial charge in [0, 0.05) is 48.1 Å². The van der Waals surface area contributed by atoms with E-state index in [1.54, 1.807) is 24.9 Å². The zero-order chi connectivity index (χ0) is 21.0. The van der Waals surface area contributed by atoms with Crippen LogP contribution in [0.2, 0.25) is 0 Å². The predicted molar refractivity (Wildman–Crippen MR) is 120 cm³/mol. The molecule has 5 rings (SSSR count). The topological polar surface area (TPSA) is 72.7 Å². The lowest BCUT2D eigenvalue weighted by Gasteiger charge is -2.08. The molecule has 0 fully saturated rings. The van der Waals surface area contributed by atoms with Crippen molar-refractivity contribution in [2.45, 2.75) is 6.54 Å². The van der Waals surface area contributed by atoms with Crippen LogP contribution in [0.3, 0.4) is 0 Å². The molecule has 0 radical (unpaired) electrons. The van der Waals surface area contributed by atoms with Crippen molar-refractivity contribution in [1.29, 1.82) is 0 Å². The van der Waals surface area contributed by atoms with E-state index in [1.165, 1.54) is 0 Å². The number of carbonyl (C=O) groups is 1. The maximum absolute atomic E-state index is 12.6. The Labute approximate surface area is 179 Å². The highest BCUT2D eigenvalue weighted by molar-refractivity contribution is 5.97. The van der Waals surface area contributed by atoms with Crippen molar-refractivity contribution in [3.63, 3.8) is 0 Å². The number of hydrogen-bond acceptors (Lipinski definition) is 4. The predicted octanol–water partition coefficient (Wildman–Crippen LogP) is 4.41. The first-order valence-corrected chi connectivity index (χ1v) is 9.93. The highest BCUT2D eigenvalue weighted by Gasteiger charge is 2.11. The van der Waals surface area contributed by atoms with E-state index < -0.39 is 0 Å². The molecule has 0 atom stereocenters. The van der Waals surface area contributed by atoms with Crippen molar-refractivity contribution in [2.24, 2.45) is 0 Å². The molecule has 0 saturated carbocycles. The fourth-order valence-electron chi connectivity index (χ4n) is 3.52. The zero-order valence-electron chi connectivity index (χ0n) is 16.6. The molecular formula is C25H19N5O. The average Bonchev–Trinajstić information content (AvgIpc) is 3.27. The van der Waals surface area contributed by atoms with Crippen LogP contribution in [-0.4, -0.2) is 25.4 Å². The van der Waals surface area contributed by atoms with E-state index in [-0.39, 0.29) is 5.91 Å². The summed E-state index contributed by atoms with van der Waals surface area (Å²) in [6.07, 6.45) is 8.85. The summed E-state index contributed by atoms with van der Waals surface area (Å²) < 4.78 is 2.02. The molecule has 0 aliphatic heterocycles. The molecular weight excluding hydrogens is 386 g/mol. The number of aromatic nitrogens is 4. The number of imidazole rings is 1. The minimum atomic E-state index is -0.140. The van der Waals surface area contributed by atoms with Gasteiger partial charge in [0.15, 0.2) is 0 Å². The van der Waals surface area contributed by atoms with Crippen molar-refractivity contribution >= 4 is 16.9 Å². The first-order valence-electron chi connectivity index (χ1n) is 9.93. The van der Waals surface area contributed by atoms with E-state index in [9.17, 15) is 4.79 Å². The summed E-state index contributed by atoms with van der Waals surface area (Å²) in [5.41, 5.74) is 6.37. The minimum Gasteiger partial charge on any atom is -0.348 e. The van der Waals surface area contributed by atoms with Gasteiger partial charge in [0.2, 0.25) is 0 Å². The lowest BCUT2D eigenvalue weighted by molar-refractivity contribution is 0.0951. The Kier molecular flexibility index (Phi) is 4.94.